The molecule has 2 aliphatic rings. The summed E-state index contributed by atoms with van der Waals surface area (Å²) < 4.78 is 5.49. The van der Waals surface area contributed by atoms with Crippen LogP contribution in [0.5, 0.6) is 0 Å². The van der Waals surface area contributed by atoms with Crippen molar-refractivity contribution < 1.29 is 9.53 Å². The van der Waals surface area contributed by atoms with Crippen molar-refractivity contribution in [1.29, 1.82) is 0 Å². The number of rotatable bonds is 5. The molecule has 27 heavy (non-hydrogen) atoms. The minimum absolute atomic E-state index is 0. The standard InChI is InChI=1S/C20H30N4O2.HI/c1-20(2,3)26-19(25)24(17-9-10-17)12-11-22-18(21)23-16-8-7-14-5-4-6-15(14)13-16;/h7-8,13,17H,4-6,9-12H2,1-3H3,(H3,21,22,23);1H. The fourth-order valence-corrected chi connectivity index (χ4v) is 3.24. The first kappa shape index (κ1) is 21.8. The lowest BCUT2D eigenvalue weighted by atomic mass is 10.1. The Balaban J connectivity index is 0.00000261. The molecule has 2 aliphatic carbocycles. The molecule has 0 bridgehead atoms. The van der Waals surface area contributed by atoms with Crippen molar-refractivity contribution in [2.75, 3.05) is 18.4 Å². The smallest absolute Gasteiger partial charge is 0.410 e. The van der Waals surface area contributed by atoms with Gasteiger partial charge in [0.25, 0.3) is 0 Å². The highest BCUT2D eigenvalue weighted by molar-refractivity contribution is 14.0. The minimum Gasteiger partial charge on any atom is -0.444 e. The number of anilines is 1. The highest BCUT2D eigenvalue weighted by Crippen LogP contribution is 2.28. The monoisotopic (exact) mass is 486 g/mol. The van der Waals surface area contributed by atoms with Gasteiger partial charge in [-0.25, -0.2) is 4.79 Å². The van der Waals surface area contributed by atoms with Crippen molar-refractivity contribution in [3.05, 3.63) is 29.3 Å². The van der Waals surface area contributed by atoms with E-state index in [9.17, 15) is 4.79 Å². The highest BCUT2D eigenvalue weighted by atomic mass is 127. The van der Waals surface area contributed by atoms with Crippen LogP contribution in [0.1, 0.15) is 51.2 Å². The number of benzene rings is 1. The average Bonchev–Trinajstić information content (AvgIpc) is 3.26. The maximum atomic E-state index is 12.3. The molecule has 0 unspecified atom stereocenters. The predicted molar refractivity (Wildman–Crippen MR) is 120 cm³/mol. The third-order valence-electron chi connectivity index (χ3n) is 4.61. The van der Waals surface area contributed by atoms with Gasteiger partial charge in [-0.3, -0.25) is 4.99 Å². The Bertz CT molecular complexity index is 696. The zero-order chi connectivity index (χ0) is 18.7. The van der Waals surface area contributed by atoms with E-state index in [1.165, 1.54) is 24.0 Å². The first-order valence-electron chi connectivity index (χ1n) is 9.50. The van der Waals surface area contributed by atoms with Gasteiger partial charge in [-0.1, -0.05) is 6.07 Å². The average molecular weight is 486 g/mol. The molecule has 0 heterocycles. The van der Waals surface area contributed by atoms with E-state index in [1.807, 2.05) is 26.8 Å². The molecule has 1 aromatic rings. The Morgan fingerprint density at radius 2 is 2.00 bits per heavy atom. The van der Waals surface area contributed by atoms with Crippen LogP contribution >= 0.6 is 24.0 Å². The van der Waals surface area contributed by atoms with Gasteiger partial charge in [-0.2, -0.15) is 0 Å². The lowest BCUT2D eigenvalue weighted by Gasteiger charge is -2.27. The van der Waals surface area contributed by atoms with Crippen molar-refractivity contribution in [2.45, 2.75) is 64.5 Å². The van der Waals surface area contributed by atoms with Crippen LogP contribution in [0, 0.1) is 0 Å². The van der Waals surface area contributed by atoms with Gasteiger partial charge in [-0.15, -0.1) is 24.0 Å². The summed E-state index contributed by atoms with van der Waals surface area (Å²) >= 11 is 0. The number of carbonyl (C=O) groups excluding carboxylic acids is 1. The predicted octanol–water partition coefficient (Wildman–Crippen LogP) is 3.92. The molecule has 150 valence electrons. The van der Waals surface area contributed by atoms with E-state index in [4.69, 9.17) is 10.5 Å². The number of guanidine groups is 1. The van der Waals surface area contributed by atoms with Gasteiger partial charge in [-0.05, 0) is 76.1 Å². The van der Waals surface area contributed by atoms with E-state index in [2.05, 4.69) is 22.4 Å². The van der Waals surface area contributed by atoms with E-state index in [-0.39, 0.29) is 36.1 Å². The van der Waals surface area contributed by atoms with Gasteiger partial charge in [0.2, 0.25) is 0 Å². The molecule has 6 nitrogen and oxygen atoms in total. The molecule has 0 radical (unpaired) electrons. The van der Waals surface area contributed by atoms with Crippen LogP contribution in [0.2, 0.25) is 0 Å². The van der Waals surface area contributed by atoms with Crippen LogP contribution in [0.15, 0.2) is 23.2 Å². The van der Waals surface area contributed by atoms with Gasteiger partial charge in [0.05, 0.1) is 6.54 Å². The molecule has 0 atom stereocenters. The molecular weight excluding hydrogens is 455 g/mol. The fraction of sp³-hybridized carbons (Fsp3) is 0.600. The van der Waals surface area contributed by atoms with E-state index >= 15 is 0 Å². The molecule has 0 aromatic heterocycles. The number of nitrogens with zero attached hydrogens (tertiary/aromatic N) is 2. The Hall–Kier alpha value is -1.51. The summed E-state index contributed by atoms with van der Waals surface area (Å²) in [4.78, 5) is 18.5. The third kappa shape index (κ3) is 6.55. The fourth-order valence-electron chi connectivity index (χ4n) is 3.24. The van der Waals surface area contributed by atoms with Gasteiger partial charge >= 0.3 is 6.09 Å². The lowest BCUT2D eigenvalue weighted by molar-refractivity contribution is 0.0240. The number of aliphatic imine (C=N–C) groups is 1. The van der Waals surface area contributed by atoms with Crippen molar-refractivity contribution in [2.24, 2.45) is 10.7 Å². The topological polar surface area (TPSA) is 80.0 Å². The van der Waals surface area contributed by atoms with Crippen LogP contribution in [-0.2, 0) is 17.6 Å². The molecule has 0 aliphatic heterocycles. The second-order valence-electron chi connectivity index (χ2n) is 8.13. The molecule has 1 amide bonds. The van der Waals surface area contributed by atoms with Gasteiger partial charge < -0.3 is 20.7 Å². The first-order valence-corrected chi connectivity index (χ1v) is 9.50. The second kappa shape index (κ2) is 9.12. The largest absolute Gasteiger partial charge is 0.444 e. The maximum absolute atomic E-state index is 12.3. The van der Waals surface area contributed by atoms with E-state index in [0.29, 0.717) is 19.0 Å². The van der Waals surface area contributed by atoms with Crippen molar-refractivity contribution >= 4 is 41.7 Å². The van der Waals surface area contributed by atoms with Crippen LogP contribution < -0.4 is 11.1 Å². The van der Waals surface area contributed by atoms with Gasteiger partial charge in [0.15, 0.2) is 5.96 Å². The molecule has 1 fully saturated rings. The Labute approximate surface area is 178 Å². The number of ether oxygens (including phenoxy) is 1. The van der Waals surface area contributed by atoms with Crippen molar-refractivity contribution in [3.8, 4) is 0 Å². The first-order chi connectivity index (χ1) is 12.3. The lowest BCUT2D eigenvalue weighted by Crippen LogP contribution is -2.40. The van der Waals surface area contributed by atoms with E-state index < -0.39 is 5.60 Å². The van der Waals surface area contributed by atoms with Crippen LogP contribution in [0.4, 0.5) is 10.5 Å². The summed E-state index contributed by atoms with van der Waals surface area (Å²) in [5.41, 5.74) is 9.33. The van der Waals surface area contributed by atoms with E-state index in [0.717, 1.165) is 24.9 Å². The van der Waals surface area contributed by atoms with E-state index in [1.54, 1.807) is 4.90 Å². The zero-order valence-electron chi connectivity index (χ0n) is 16.5. The van der Waals surface area contributed by atoms with Gasteiger partial charge in [0, 0.05) is 18.3 Å². The number of halogens is 1. The molecule has 0 spiro atoms. The number of aryl methyl sites for hydroxylation is 2. The number of carbonyl (C=O) groups is 1. The Kier molecular flexibility index (Phi) is 7.36. The Morgan fingerprint density at radius 3 is 2.67 bits per heavy atom. The van der Waals surface area contributed by atoms with Crippen LogP contribution in [-0.4, -0.2) is 41.7 Å². The summed E-state index contributed by atoms with van der Waals surface area (Å²) in [6.07, 6.45) is 5.33. The normalized spacial score (nSPS) is 16.3. The van der Waals surface area contributed by atoms with Gasteiger partial charge in [0.1, 0.15) is 5.60 Å². The number of nitrogens with two attached hydrogens (primary N) is 1. The summed E-state index contributed by atoms with van der Waals surface area (Å²) in [6, 6.07) is 6.65. The number of fused-ring (bicyclic) bond motifs is 1. The van der Waals surface area contributed by atoms with Crippen molar-refractivity contribution in [3.63, 3.8) is 0 Å². The van der Waals surface area contributed by atoms with Crippen LogP contribution in [0.3, 0.4) is 0 Å². The second-order valence-corrected chi connectivity index (χ2v) is 8.13. The molecular formula is C20H31IN4O2. The Morgan fingerprint density at radius 1 is 1.30 bits per heavy atom. The number of nitrogens with one attached hydrogen (secondary N) is 1. The highest BCUT2D eigenvalue weighted by Gasteiger charge is 2.34. The molecule has 1 saturated carbocycles. The molecule has 3 rings (SSSR count). The number of hydrogen-bond acceptors (Lipinski definition) is 3. The quantitative estimate of drug-likeness (QED) is 0.376. The molecule has 3 N–H and O–H groups in total. The molecule has 7 heteroatoms. The molecule has 1 aromatic carbocycles. The minimum atomic E-state index is -0.484. The number of hydrogen-bond donors (Lipinski definition) is 2. The van der Waals surface area contributed by atoms with Crippen LogP contribution in [0.25, 0.3) is 0 Å². The SMILES string of the molecule is CC(C)(C)OC(=O)N(CCN=C(N)Nc1ccc2c(c1)CCC2)C1CC1.I. The summed E-state index contributed by atoms with van der Waals surface area (Å²) in [6.45, 7) is 6.62. The third-order valence-corrected chi connectivity index (χ3v) is 4.61. The summed E-state index contributed by atoms with van der Waals surface area (Å²) in [5.74, 6) is 0.378. The summed E-state index contributed by atoms with van der Waals surface area (Å²) in [5, 5.41) is 3.15. The molecule has 0 saturated heterocycles. The number of amides is 1. The summed E-state index contributed by atoms with van der Waals surface area (Å²) in [7, 11) is 0. The maximum Gasteiger partial charge on any atom is 0.410 e. The van der Waals surface area contributed by atoms with Crippen molar-refractivity contribution in [1.82, 2.24) is 4.90 Å². The zero-order valence-corrected chi connectivity index (χ0v) is 18.8.